The number of hydrogen-bond donors (Lipinski definition) is 2. The number of carbonyl (C=O) groups is 1. The highest BCUT2D eigenvalue weighted by Gasteiger charge is 2.14. The Kier molecular flexibility index (Phi) is 5.36. The average molecular weight is 309 g/mol. The lowest BCUT2D eigenvalue weighted by atomic mass is 10.1. The number of aliphatic hydroxyl groups is 1. The van der Waals surface area contributed by atoms with E-state index in [4.69, 9.17) is 16.1 Å². The topological polar surface area (TPSA) is 75.4 Å². The smallest absolute Gasteiger partial charge is 0.273 e. The third kappa shape index (κ3) is 4.31. The maximum Gasteiger partial charge on any atom is 0.273 e. The van der Waals surface area contributed by atoms with Gasteiger partial charge in [0.1, 0.15) is 0 Å². The van der Waals surface area contributed by atoms with Crippen LogP contribution in [-0.2, 0) is 0 Å². The van der Waals surface area contributed by atoms with Gasteiger partial charge in [0.2, 0.25) is 0 Å². The number of nitrogens with one attached hydrogen (secondary N) is 1. The quantitative estimate of drug-likeness (QED) is 0.860. The van der Waals surface area contributed by atoms with Gasteiger partial charge in [-0.3, -0.25) is 4.79 Å². The van der Waals surface area contributed by atoms with Crippen molar-refractivity contribution in [2.45, 2.75) is 25.9 Å². The predicted molar refractivity (Wildman–Crippen MR) is 80.2 cm³/mol. The molecule has 0 aliphatic carbocycles. The largest absolute Gasteiger partial charge is 0.391 e. The first-order valence-electron chi connectivity index (χ1n) is 6.79. The van der Waals surface area contributed by atoms with E-state index in [1.54, 1.807) is 24.3 Å². The van der Waals surface area contributed by atoms with Crippen LogP contribution >= 0.6 is 11.6 Å². The summed E-state index contributed by atoms with van der Waals surface area (Å²) in [6.07, 6.45) is 0.963. The minimum atomic E-state index is -0.543. The van der Waals surface area contributed by atoms with Crippen molar-refractivity contribution in [3.05, 3.63) is 41.0 Å². The molecule has 21 heavy (non-hydrogen) atoms. The van der Waals surface area contributed by atoms with Crippen molar-refractivity contribution in [3.8, 4) is 11.3 Å². The van der Waals surface area contributed by atoms with Gasteiger partial charge in [0, 0.05) is 23.2 Å². The number of amides is 1. The van der Waals surface area contributed by atoms with Gasteiger partial charge in [-0.25, -0.2) is 0 Å². The summed E-state index contributed by atoms with van der Waals surface area (Å²) in [6, 6.07) is 8.65. The predicted octanol–water partition coefficient (Wildman–Crippen LogP) is 2.89. The Hall–Kier alpha value is -1.85. The normalized spacial score (nSPS) is 12.1. The maximum absolute atomic E-state index is 11.9. The Morgan fingerprint density at radius 2 is 2.29 bits per heavy atom. The monoisotopic (exact) mass is 308 g/mol. The molecule has 1 aromatic heterocycles. The van der Waals surface area contributed by atoms with Crippen LogP contribution in [0.3, 0.4) is 0 Å². The highest BCUT2D eigenvalue weighted by atomic mass is 35.5. The molecule has 2 N–H and O–H groups in total. The molecule has 1 amide bonds. The van der Waals surface area contributed by atoms with E-state index in [1.807, 2.05) is 13.0 Å². The van der Waals surface area contributed by atoms with Gasteiger partial charge in [0.15, 0.2) is 11.5 Å². The molecule has 0 aliphatic rings. The summed E-state index contributed by atoms with van der Waals surface area (Å²) in [7, 11) is 0. The van der Waals surface area contributed by atoms with Crippen molar-refractivity contribution in [2.75, 3.05) is 6.54 Å². The maximum atomic E-state index is 11.9. The molecule has 0 aliphatic heterocycles. The molecule has 2 aromatic rings. The molecule has 1 aromatic carbocycles. The fourth-order valence-electron chi connectivity index (χ4n) is 1.90. The van der Waals surface area contributed by atoms with Crippen LogP contribution in [0.25, 0.3) is 11.3 Å². The van der Waals surface area contributed by atoms with Crippen LogP contribution in [0.2, 0.25) is 5.02 Å². The third-order valence-electron chi connectivity index (χ3n) is 2.97. The molecule has 0 bridgehead atoms. The van der Waals surface area contributed by atoms with Crippen molar-refractivity contribution < 1.29 is 14.4 Å². The summed E-state index contributed by atoms with van der Waals surface area (Å²) in [5.74, 6) is 0.0962. The second-order valence-electron chi connectivity index (χ2n) is 4.74. The average Bonchev–Trinajstić information content (AvgIpc) is 2.95. The van der Waals surface area contributed by atoms with E-state index < -0.39 is 6.10 Å². The van der Waals surface area contributed by atoms with Crippen LogP contribution in [-0.4, -0.2) is 28.8 Å². The van der Waals surface area contributed by atoms with E-state index in [-0.39, 0.29) is 18.1 Å². The fourth-order valence-corrected chi connectivity index (χ4v) is 2.09. The molecule has 112 valence electrons. The first kappa shape index (κ1) is 15.5. The molecular weight excluding hydrogens is 292 g/mol. The Bertz CT molecular complexity index is 612. The van der Waals surface area contributed by atoms with Gasteiger partial charge in [-0.05, 0) is 18.6 Å². The lowest BCUT2D eigenvalue weighted by Gasteiger charge is -2.09. The summed E-state index contributed by atoms with van der Waals surface area (Å²) in [5, 5.41) is 16.5. The van der Waals surface area contributed by atoms with E-state index >= 15 is 0 Å². The fraction of sp³-hybridized carbons (Fsp3) is 0.333. The molecule has 0 spiro atoms. The van der Waals surface area contributed by atoms with Crippen molar-refractivity contribution >= 4 is 17.5 Å². The molecule has 1 atom stereocenters. The molecule has 5 nitrogen and oxygen atoms in total. The first-order valence-corrected chi connectivity index (χ1v) is 7.17. The first-order chi connectivity index (χ1) is 10.1. The van der Waals surface area contributed by atoms with Gasteiger partial charge in [0.05, 0.1) is 6.10 Å². The van der Waals surface area contributed by atoms with Gasteiger partial charge >= 0.3 is 0 Å². The van der Waals surface area contributed by atoms with Crippen LogP contribution in [0.1, 0.15) is 30.3 Å². The van der Waals surface area contributed by atoms with E-state index in [1.165, 1.54) is 0 Å². The van der Waals surface area contributed by atoms with E-state index in [9.17, 15) is 9.90 Å². The van der Waals surface area contributed by atoms with E-state index in [2.05, 4.69) is 10.5 Å². The number of halogens is 1. The number of rotatable bonds is 6. The Morgan fingerprint density at radius 3 is 3.00 bits per heavy atom. The van der Waals surface area contributed by atoms with Crippen LogP contribution in [0.15, 0.2) is 34.9 Å². The number of aromatic nitrogens is 1. The number of carbonyl (C=O) groups excluding carboxylic acids is 1. The molecule has 0 saturated carbocycles. The van der Waals surface area contributed by atoms with E-state index in [0.29, 0.717) is 17.2 Å². The summed E-state index contributed by atoms with van der Waals surface area (Å²) >= 11 is 5.91. The summed E-state index contributed by atoms with van der Waals surface area (Å²) in [4.78, 5) is 11.9. The van der Waals surface area contributed by atoms with Crippen LogP contribution in [0.4, 0.5) is 0 Å². The zero-order chi connectivity index (χ0) is 15.2. The molecule has 0 saturated heterocycles. The third-order valence-corrected chi connectivity index (χ3v) is 3.21. The second-order valence-corrected chi connectivity index (χ2v) is 5.18. The van der Waals surface area contributed by atoms with Crippen LogP contribution < -0.4 is 5.32 Å². The highest BCUT2D eigenvalue weighted by Crippen LogP contribution is 2.23. The molecule has 0 radical (unpaired) electrons. The molecule has 2 rings (SSSR count). The lowest BCUT2D eigenvalue weighted by molar-refractivity contribution is 0.0901. The standard InChI is InChI=1S/C15H17ClN2O3/c1-2-4-12(19)9-17-15(20)13-8-14(21-18-13)10-5-3-6-11(16)7-10/h3,5-8,12,19H,2,4,9H2,1H3,(H,17,20). The van der Waals surface area contributed by atoms with Crippen molar-refractivity contribution in [3.63, 3.8) is 0 Å². The number of aliphatic hydroxyl groups excluding tert-OH is 1. The summed E-state index contributed by atoms with van der Waals surface area (Å²) in [6.45, 7) is 2.17. The molecular formula is C15H17ClN2O3. The Labute approximate surface area is 127 Å². The molecule has 6 heteroatoms. The Morgan fingerprint density at radius 1 is 1.48 bits per heavy atom. The lowest BCUT2D eigenvalue weighted by Crippen LogP contribution is -2.32. The van der Waals surface area contributed by atoms with Gasteiger partial charge in [-0.15, -0.1) is 0 Å². The number of benzene rings is 1. The van der Waals surface area contributed by atoms with Crippen LogP contribution in [0.5, 0.6) is 0 Å². The summed E-state index contributed by atoms with van der Waals surface area (Å²) in [5.41, 5.74) is 0.925. The SMILES string of the molecule is CCCC(O)CNC(=O)c1cc(-c2cccc(Cl)c2)on1. The molecule has 1 heterocycles. The van der Waals surface area contributed by atoms with Gasteiger partial charge in [0.25, 0.3) is 5.91 Å². The molecule has 1 unspecified atom stereocenters. The van der Waals surface area contributed by atoms with Gasteiger partial charge in [-0.1, -0.05) is 42.2 Å². The zero-order valence-electron chi connectivity index (χ0n) is 11.7. The van der Waals surface area contributed by atoms with Crippen LogP contribution in [0, 0.1) is 0 Å². The van der Waals surface area contributed by atoms with Gasteiger partial charge < -0.3 is 14.9 Å². The zero-order valence-corrected chi connectivity index (χ0v) is 12.4. The number of hydrogen-bond acceptors (Lipinski definition) is 4. The minimum absolute atomic E-state index is 0.175. The van der Waals surface area contributed by atoms with Crippen molar-refractivity contribution in [2.24, 2.45) is 0 Å². The second kappa shape index (κ2) is 7.24. The highest BCUT2D eigenvalue weighted by molar-refractivity contribution is 6.30. The van der Waals surface area contributed by atoms with Crippen molar-refractivity contribution in [1.29, 1.82) is 0 Å². The van der Waals surface area contributed by atoms with Crippen molar-refractivity contribution in [1.82, 2.24) is 10.5 Å². The summed E-state index contributed by atoms with van der Waals surface area (Å²) < 4.78 is 5.15. The number of nitrogens with zero attached hydrogens (tertiary/aromatic N) is 1. The van der Waals surface area contributed by atoms with E-state index in [0.717, 1.165) is 12.0 Å². The van der Waals surface area contributed by atoms with Gasteiger partial charge in [-0.2, -0.15) is 0 Å². The minimum Gasteiger partial charge on any atom is -0.391 e. The molecule has 0 fully saturated rings. The Balaban J connectivity index is 2.01.